The first-order chi connectivity index (χ1) is 9.99. The predicted molar refractivity (Wildman–Crippen MR) is 84.0 cm³/mol. The van der Waals surface area contributed by atoms with Crippen LogP contribution >= 0.6 is 0 Å². The molecule has 0 heterocycles. The van der Waals surface area contributed by atoms with Crippen LogP contribution in [0.1, 0.15) is 32.6 Å². The number of amides is 1. The van der Waals surface area contributed by atoms with E-state index in [1.165, 1.54) is 23.3 Å². The fraction of sp³-hybridized carbons (Fsp3) is 0.278. The van der Waals surface area contributed by atoms with E-state index in [9.17, 15) is 4.79 Å². The molecule has 0 aliphatic rings. The Morgan fingerprint density at radius 1 is 0.952 bits per heavy atom. The van der Waals surface area contributed by atoms with Crippen molar-refractivity contribution in [1.29, 1.82) is 0 Å². The van der Waals surface area contributed by atoms with E-state index in [-0.39, 0.29) is 5.91 Å². The number of hydrogen-bond donors (Lipinski definition) is 0. The largest absolute Gasteiger partial charge is 0.277 e. The second-order valence-corrected chi connectivity index (χ2v) is 5.39. The van der Waals surface area contributed by atoms with Crippen LogP contribution in [0.25, 0.3) is 0 Å². The Kier molecular flexibility index (Phi) is 4.76. The lowest BCUT2D eigenvalue weighted by Gasteiger charge is -2.20. The van der Waals surface area contributed by atoms with Gasteiger partial charge in [0, 0.05) is 5.56 Å². The number of nitrogens with zero attached hydrogens (tertiary/aromatic N) is 1. The highest BCUT2D eigenvalue weighted by Gasteiger charge is 2.16. The third-order valence-electron chi connectivity index (χ3n) is 3.35. The van der Waals surface area contributed by atoms with Crippen molar-refractivity contribution in [3.8, 4) is 0 Å². The number of benzene rings is 2. The van der Waals surface area contributed by atoms with Crippen molar-refractivity contribution < 1.29 is 9.63 Å². The Bertz CT molecular complexity index is 612. The molecule has 0 fully saturated rings. The molecule has 0 saturated heterocycles. The smallest absolute Gasteiger partial charge is 0.274 e. The molecule has 0 aliphatic heterocycles. The second-order valence-electron chi connectivity index (χ2n) is 5.39. The second kappa shape index (κ2) is 6.55. The van der Waals surface area contributed by atoms with E-state index >= 15 is 0 Å². The SMILES string of the molecule is CON(Cc1cc(C)cc(C)c1)C(=O)c1ccc(C)cc1. The maximum Gasteiger partial charge on any atom is 0.277 e. The van der Waals surface area contributed by atoms with Gasteiger partial charge in [-0.25, -0.2) is 5.06 Å². The molecule has 0 radical (unpaired) electrons. The summed E-state index contributed by atoms with van der Waals surface area (Å²) in [4.78, 5) is 17.7. The molecule has 0 saturated carbocycles. The van der Waals surface area contributed by atoms with E-state index in [0.29, 0.717) is 12.1 Å². The molecular formula is C18H21NO2. The van der Waals surface area contributed by atoms with Gasteiger partial charge in [0.2, 0.25) is 0 Å². The minimum Gasteiger partial charge on any atom is -0.274 e. The minimum absolute atomic E-state index is 0.128. The van der Waals surface area contributed by atoms with Crippen LogP contribution in [0, 0.1) is 20.8 Å². The average Bonchev–Trinajstić information content (AvgIpc) is 2.44. The summed E-state index contributed by atoms with van der Waals surface area (Å²) in [6, 6.07) is 13.8. The monoisotopic (exact) mass is 283 g/mol. The molecule has 2 rings (SSSR count). The van der Waals surface area contributed by atoms with Crippen LogP contribution in [0.2, 0.25) is 0 Å². The molecule has 3 nitrogen and oxygen atoms in total. The molecule has 0 unspecified atom stereocenters. The Balaban J connectivity index is 2.19. The predicted octanol–water partition coefficient (Wildman–Crippen LogP) is 3.82. The standard InChI is InChI=1S/C18H21NO2/c1-13-5-7-17(8-6-13)18(20)19(21-4)12-16-10-14(2)9-15(3)11-16/h5-11H,12H2,1-4H3. The maximum atomic E-state index is 12.5. The topological polar surface area (TPSA) is 29.5 Å². The third-order valence-corrected chi connectivity index (χ3v) is 3.35. The van der Waals surface area contributed by atoms with Gasteiger partial charge in [-0.3, -0.25) is 9.63 Å². The first-order valence-electron chi connectivity index (χ1n) is 6.99. The normalized spacial score (nSPS) is 10.5. The number of hydrogen-bond acceptors (Lipinski definition) is 2. The summed E-state index contributed by atoms with van der Waals surface area (Å²) in [7, 11) is 1.52. The summed E-state index contributed by atoms with van der Waals surface area (Å²) in [5, 5.41) is 1.39. The van der Waals surface area contributed by atoms with Crippen LogP contribution < -0.4 is 0 Å². The van der Waals surface area contributed by atoms with E-state index in [1.807, 2.05) is 31.2 Å². The van der Waals surface area contributed by atoms with Gasteiger partial charge in [-0.05, 0) is 38.5 Å². The van der Waals surface area contributed by atoms with E-state index in [1.54, 1.807) is 0 Å². The fourth-order valence-electron chi connectivity index (χ4n) is 2.39. The molecule has 0 aromatic heterocycles. The van der Waals surface area contributed by atoms with E-state index in [4.69, 9.17) is 4.84 Å². The molecule has 21 heavy (non-hydrogen) atoms. The molecular weight excluding hydrogens is 262 g/mol. The highest BCUT2D eigenvalue weighted by Crippen LogP contribution is 2.14. The third kappa shape index (κ3) is 3.92. The first kappa shape index (κ1) is 15.3. The summed E-state index contributed by atoms with van der Waals surface area (Å²) in [5.74, 6) is -0.128. The molecule has 0 N–H and O–H groups in total. The summed E-state index contributed by atoms with van der Waals surface area (Å²) < 4.78 is 0. The van der Waals surface area contributed by atoms with Gasteiger partial charge in [0.05, 0.1) is 13.7 Å². The average molecular weight is 283 g/mol. The summed E-state index contributed by atoms with van der Waals surface area (Å²) in [5.41, 5.74) is 5.19. The molecule has 110 valence electrons. The molecule has 1 amide bonds. The zero-order chi connectivity index (χ0) is 15.4. The van der Waals surface area contributed by atoms with Gasteiger partial charge in [0.1, 0.15) is 0 Å². The van der Waals surface area contributed by atoms with Crippen molar-refractivity contribution in [2.24, 2.45) is 0 Å². The highest BCUT2D eigenvalue weighted by atomic mass is 16.7. The van der Waals surface area contributed by atoms with Gasteiger partial charge in [0.15, 0.2) is 0 Å². The van der Waals surface area contributed by atoms with Crippen molar-refractivity contribution in [1.82, 2.24) is 5.06 Å². The number of carbonyl (C=O) groups excluding carboxylic acids is 1. The fourth-order valence-corrected chi connectivity index (χ4v) is 2.39. The van der Waals surface area contributed by atoms with Crippen LogP contribution in [0.4, 0.5) is 0 Å². The molecule has 0 bridgehead atoms. The molecule has 2 aromatic rings. The van der Waals surface area contributed by atoms with Crippen LogP contribution in [0.3, 0.4) is 0 Å². The maximum absolute atomic E-state index is 12.5. The van der Waals surface area contributed by atoms with E-state index in [0.717, 1.165) is 11.1 Å². The molecule has 0 aliphatic carbocycles. The summed E-state index contributed by atoms with van der Waals surface area (Å²) in [6.07, 6.45) is 0. The summed E-state index contributed by atoms with van der Waals surface area (Å²) >= 11 is 0. The van der Waals surface area contributed by atoms with Crippen LogP contribution in [-0.2, 0) is 11.4 Å². The summed E-state index contributed by atoms with van der Waals surface area (Å²) in [6.45, 7) is 6.54. The number of carbonyl (C=O) groups is 1. The molecule has 2 aromatic carbocycles. The van der Waals surface area contributed by atoms with Gasteiger partial charge >= 0.3 is 0 Å². The van der Waals surface area contributed by atoms with Gasteiger partial charge in [-0.2, -0.15) is 0 Å². The van der Waals surface area contributed by atoms with Crippen molar-refractivity contribution in [3.63, 3.8) is 0 Å². The van der Waals surface area contributed by atoms with Crippen molar-refractivity contribution >= 4 is 5.91 Å². The Morgan fingerprint density at radius 2 is 1.52 bits per heavy atom. The van der Waals surface area contributed by atoms with Crippen LogP contribution in [-0.4, -0.2) is 18.1 Å². The van der Waals surface area contributed by atoms with Gasteiger partial charge in [0.25, 0.3) is 5.91 Å². The Hall–Kier alpha value is -2.13. The minimum atomic E-state index is -0.128. The van der Waals surface area contributed by atoms with Gasteiger partial charge in [-0.1, -0.05) is 47.0 Å². The van der Waals surface area contributed by atoms with Crippen molar-refractivity contribution in [2.45, 2.75) is 27.3 Å². The zero-order valence-corrected chi connectivity index (χ0v) is 13.0. The highest BCUT2D eigenvalue weighted by molar-refractivity contribution is 5.93. The van der Waals surface area contributed by atoms with Crippen LogP contribution in [0.15, 0.2) is 42.5 Å². The van der Waals surface area contributed by atoms with Gasteiger partial charge < -0.3 is 0 Å². The van der Waals surface area contributed by atoms with Crippen molar-refractivity contribution in [2.75, 3.05) is 7.11 Å². The number of rotatable bonds is 4. The lowest BCUT2D eigenvalue weighted by molar-refractivity contribution is -0.102. The van der Waals surface area contributed by atoms with Crippen LogP contribution in [0.5, 0.6) is 0 Å². The quantitative estimate of drug-likeness (QED) is 0.798. The lowest BCUT2D eigenvalue weighted by Crippen LogP contribution is -2.29. The number of aryl methyl sites for hydroxylation is 3. The molecule has 0 spiro atoms. The van der Waals surface area contributed by atoms with E-state index in [2.05, 4.69) is 32.0 Å². The molecule has 3 heteroatoms. The lowest BCUT2D eigenvalue weighted by atomic mass is 10.1. The first-order valence-corrected chi connectivity index (χ1v) is 6.99. The number of hydroxylamine groups is 2. The Morgan fingerprint density at radius 3 is 2.05 bits per heavy atom. The Labute approximate surface area is 126 Å². The van der Waals surface area contributed by atoms with Gasteiger partial charge in [-0.15, -0.1) is 0 Å². The van der Waals surface area contributed by atoms with E-state index < -0.39 is 0 Å². The molecule has 0 atom stereocenters. The zero-order valence-electron chi connectivity index (χ0n) is 13.0. The van der Waals surface area contributed by atoms with Crippen molar-refractivity contribution in [3.05, 3.63) is 70.3 Å².